The van der Waals surface area contributed by atoms with E-state index in [2.05, 4.69) is 25.7 Å². The molecule has 0 heterocycles. The van der Waals surface area contributed by atoms with Crippen LogP contribution in [0.15, 0.2) is 0 Å². The Kier molecular flexibility index (Phi) is 33.7. The van der Waals surface area contributed by atoms with Gasteiger partial charge in [-0.25, -0.2) is 0 Å². The molecule has 0 aliphatic heterocycles. The Morgan fingerprint density at radius 3 is 1.53 bits per heavy atom. The van der Waals surface area contributed by atoms with E-state index in [1.54, 1.807) is 0 Å². The second-order valence-corrected chi connectivity index (χ2v) is 16.1. The highest BCUT2D eigenvalue weighted by Crippen LogP contribution is 2.32. The summed E-state index contributed by atoms with van der Waals surface area (Å²) in [7, 11) is 0. The fraction of sp³-hybridized carbons (Fsp3) is 0.956. The molecule has 1 saturated carbocycles. The maximum atomic E-state index is 12.7. The monoisotopic (exact) mass is 722 g/mol. The summed E-state index contributed by atoms with van der Waals surface area (Å²) in [4.78, 5) is 27.2. The Bertz CT molecular complexity index is 752. The predicted molar refractivity (Wildman–Crippen MR) is 216 cm³/mol. The van der Waals surface area contributed by atoms with Gasteiger partial charge in [-0.05, 0) is 82.7 Å². The van der Waals surface area contributed by atoms with Crippen molar-refractivity contribution in [1.82, 2.24) is 4.90 Å². The Morgan fingerprint density at radius 2 is 1.02 bits per heavy atom. The summed E-state index contributed by atoms with van der Waals surface area (Å²) in [6.45, 7) is 10.5. The zero-order chi connectivity index (χ0) is 37.0. The molecule has 1 aliphatic carbocycles. The van der Waals surface area contributed by atoms with E-state index in [1.807, 2.05) is 0 Å². The van der Waals surface area contributed by atoms with Gasteiger partial charge in [0, 0.05) is 19.4 Å². The Labute approximate surface area is 317 Å². The quantitative estimate of drug-likeness (QED) is 0.0508. The van der Waals surface area contributed by atoms with Crippen molar-refractivity contribution in [3.63, 3.8) is 0 Å². The number of rotatable bonds is 37. The van der Waals surface area contributed by atoms with E-state index >= 15 is 0 Å². The van der Waals surface area contributed by atoms with Crippen LogP contribution in [0.3, 0.4) is 0 Å². The lowest BCUT2D eigenvalue weighted by molar-refractivity contribution is -0.150. The lowest BCUT2D eigenvalue weighted by Crippen LogP contribution is -2.29. The van der Waals surface area contributed by atoms with Crippen molar-refractivity contribution < 1.29 is 24.2 Å². The molecule has 1 N–H and O–H groups in total. The van der Waals surface area contributed by atoms with Crippen LogP contribution in [0.25, 0.3) is 0 Å². The summed E-state index contributed by atoms with van der Waals surface area (Å²) in [5.74, 6) is 1.67. The van der Waals surface area contributed by atoms with Crippen molar-refractivity contribution in [1.29, 1.82) is 0 Å². The van der Waals surface area contributed by atoms with E-state index in [-0.39, 0.29) is 24.6 Å². The SMILES string of the molecule is CCCCCCCCC(CCCCCCCC)OC(=O)CCCCCCCN(CCO)CCCCCCCC(=O)OCCC1CCC(CC)CC1. The summed E-state index contributed by atoms with van der Waals surface area (Å²) in [6.07, 6.45) is 37.4. The second-order valence-electron chi connectivity index (χ2n) is 16.1. The van der Waals surface area contributed by atoms with Crippen molar-refractivity contribution in [3.05, 3.63) is 0 Å². The van der Waals surface area contributed by atoms with Gasteiger partial charge in [-0.15, -0.1) is 0 Å². The highest BCUT2D eigenvalue weighted by Gasteiger charge is 2.20. The third kappa shape index (κ3) is 29.9. The zero-order valence-electron chi connectivity index (χ0n) is 34.4. The average Bonchev–Trinajstić information content (AvgIpc) is 3.13. The van der Waals surface area contributed by atoms with Gasteiger partial charge in [0.1, 0.15) is 6.10 Å². The molecule has 0 radical (unpaired) electrons. The summed E-state index contributed by atoms with van der Waals surface area (Å²) < 4.78 is 11.6. The van der Waals surface area contributed by atoms with Gasteiger partial charge in [0.25, 0.3) is 0 Å². The normalized spacial score (nSPS) is 16.3. The Balaban J connectivity index is 2.08. The number of esters is 2. The highest BCUT2D eigenvalue weighted by atomic mass is 16.5. The average molecular weight is 722 g/mol. The number of aliphatic hydroxyl groups excluding tert-OH is 1. The first-order valence-corrected chi connectivity index (χ1v) is 22.7. The molecule has 0 bridgehead atoms. The van der Waals surface area contributed by atoms with Crippen molar-refractivity contribution in [2.45, 2.75) is 232 Å². The lowest BCUT2D eigenvalue weighted by Gasteiger charge is -2.27. The second kappa shape index (κ2) is 35.9. The summed E-state index contributed by atoms with van der Waals surface area (Å²) in [5, 5.41) is 9.56. The predicted octanol–water partition coefficient (Wildman–Crippen LogP) is 12.5. The van der Waals surface area contributed by atoms with Crippen LogP contribution in [0.2, 0.25) is 0 Å². The van der Waals surface area contributed by atoms with Crippen LogP contribution in [-0.4, -0.2) is 60.9 Å². The van der Waals surface area contributed by atoms with Crippen LogP contribution in [0.1, 0.15) is 226 Å². The first-order chi connectivity index (χ1) is 25.0. The molecule has 6 heteroatoms. The minimum Gasteiger partial charge on any atom is -0.466 e. The van der Waals surface area contributed by atoms with Crippen molar-refractivity contribution >= 4 is 11.9 Å². The van der Waals surface area contributed by atoms with Gasteiger partial charge >= 0.3 is 11.9 Å². The number of carbonyl (C=O) groups excluding carboxylic acids is 2. The molecule has 6 nitrogen and oxygen atoms in total. The minimum absolute atomic E-state index is 0.0148. The molecular formula is C45H87NO5. The Morgan fingerprint density at radius 1 is 0.569 bits per heavy atom. The van der Waals surface area contributed by atoms with E-state index in [4.69, 9.17) is 9.47 Å². The maximum absolute atomic E-state index is 12.7. The van der Waals surface area contributed by atoms with Crippen molar-refractivity contribution in [2.24, 2.45) is 11.8 Å². The van der Waals surface area contributed by atoms with Gasteiger partial charge in [-0.1, -0.05) is 156 Å². The molecule has 0 amide bonds. The lowest BCUT2D eigenvalue weighted by atomic mass is 9.80. The summed E-state index contributed by atoms with van der Waals surface area (Å²) in [5.41, 5.74) is 0. The molecule has 0 saturated heterocycles. The number of hydrogen-bond donors (Lipinski definition) is 1. The maximum Gasteiger partial charge on any atom is 0.306 e. The third-order valence-electron chi connectivity index (χ3n) is 11.5. The van der Waals surface area contributed by atoms with E-state index in [9.17, 15) is 14.7 Å². The highest BCUT2D eigenvalue weighted by molar-refractivity contribution is 5.69. The smallest absolute Gasteiger partial charge is 0.306 e. The molecule has 0 spiro atoms. The fourth-order valence-corrected chi connectivity index (χ4v) is 7.90. The van der Waals surface area contributed by atoms with Gasteiger partial charge in [-0.3, -0.25) is 9.59 Å². The Hall–Kier alpha value is -1.14. The first-order valence-electron chi connectivity index (χ1n) is 22.7. The third-order valence-corrected chi connectivity index (χ3v) is 11.5. The molecule has 1 rings (SSSR count). The first kappa shape index (κ1) is 47.9. The summed E-state index contributed by atoms with van der Waals surface area (Å²) >= 11 is 0. The number of nitrogens with zero attached hydrogens (tertiary/aromatic N) is 1. The molecule has 302 valence electrons. The van der Waals surface area contributed by atoms with E-state index in [0.717, 1.165) is 102 Å². The molecule has 0 unspecified atom stereocenters. The number of carbonyl (C=O) groups is 2. The van der Waals surface area contributed by atoms with Crippen molar-refractivity contribution in [3.8, 4) is 0 Å². The largest absolute Gasteiger partial charge is 0.466 e. The molecular weight excluding hydrogens is 634 g/mol. The minimum atomic E-state index is -0.0162. The molecule has 51 heavy (non-hydrogen) atoms. The van der Waals surface area contributed by atoms with E-state index in [1.165, 1.54) is 122 Å². The van der Waals surface area contributed by atoms with Crippen LogP contribution in [0, 0.1) is 11.8 Å². The zero-order valence-corrected chi connectivity index (χ0v) is 34.4. The van der Waals surface area contributed by atoms with Gasteiger partial charge in [0.15, 0.2) is 0 Å². The van der Waals surface area contributed by atoms with Gasteiger partial charge < -0.3 is 19.5 Å². The molecule has 1 aliphatic rings. The van der Waals surface area contributed by atoms with Crippen molar-refractivity contribution in [2.75, 3.05) is 32.8 Å². The number of ether oxygens (including phenoxy) is 2. The van der Waals surface area contributed by atoms with Crippen LogP contribution in [0.4, 0.5) is 0 Å². The number of unbranched alkanes of at least 4 members (excludes halogenated alkanes) is 18. The van der Waals surface area contributed by atoms with Crippen LogP contribution in [-0.2, 0) is 19.1 Å². The summed E-state index contributed by atoms with van der Waals surface area (Å²) in [6, 6.07) is 0. The number of hydrogen-bond acceptors (Lipinski definition) is 6. The van der Waals surface area contributed by atoms with Crippen LogP contribution in [0.5, 0.6) is 0 Å². The molecule has 0 atom stereocenters. The van der Waals surface area contributed by atoms with E-state index < -0.39 is 0 Å². The van der Waals surface area contributed by atoms with Gasteiger partial charge in [0.2, 0.25) is 0 Å². The van der Waals surface area contributed by atoms with E-state index in [0.29, 0.717) is 19.4 Å². The van der Waals surface area contributed by atoms with Gasteiger partial charge in [-0.2, -0.15) is 0 Å². The number of aliphatic hydroxyl groups is 1. The molecule has 0 aromatic rings. The molecule has 0 aromatic carbocycles. The molecule has 1 fully saturated rings. The standard InChI is InChI=1S/C45H87NO5/c1-4-7-9-11-15-21-27-43(28-22-16-12-10-8-5-2)51-45(49)30-24-18-14-20-26-37-46(38-39-47)36-25-19-13-17-23-29-44(48)50-40-35-42-33-31-41(6-3)32-34-42/h41-43,47H,4-40H2,1-3H3. The molecule has 0 aromatic heterocycles. The topological polar surface area (TPSA) is 76.1 Å². The van der Waals surface area contributed by atoms with Crippen LogP contribution < -0.4 is 0 Å². The van der Waals surface area contributed by atoms with Crippen LogP contribution >= 0.6 is 0 Å². The fourth-order valence-electron chi connectivity index (χ4n) is 7.90. The van der Waals surface area contributed by atoms with Gasteiger partial charge in [0.05, 0.1) is 13.2 Å².